The molecule has 3 nitrogen and oxygen atoms in total. The SMILES string of the molecule is Cl.NCCC1CCCN(C(=O)c2cc(Br)ccc2Cl)C1. The Kier molecular flexibility index (Phi) is 7.30. The summed E-state index contributed by atoms with van der Waals surface area (Å²) in [5.74, 6) is 0.543. The summed E-state index contributed by atoms with van der Waals surface area (Å²) in [6.07, 6.45) is 3.19. The smallest absolute Gasteiger partial charge is 0.255 e. The van der Waals surface area contributed by atoms with Crippen molar-refractivity contribution in [2.75, 3.05) is 19.6 Å². The Bertz CT molecular complexity index is 468. The number of hydrogen-bond acceptors (Lipinski definition) is 2. The Morgan fingerprint density at radius 2 is 2.25 bits per heavy atom. The lowest BCUT2D eigenvalue weighted by Gasteiger charge is -2.33. The molecule has 1 aliphatic rings. The average Bonchev–Trinajstić information content (AvgIpc) is 2.41. The highest BCUT2D eigenvalue weighted by Crippen LogP contribution is 2.25. The molecule has 0 radical (unpaired) electrons. The van der Waals surface area contributed by atoms with Crippen molar-refractivity contribution < 1.29 is 4.79 Å². The lowest BCUT2D eigenvalue weighted by atomic mass is 9.94. The van der Waals surface area contributed by atoms with Crippen LogP contribution in [0, 0.1) is 5.92 Å². The van der Waals surface area contributed by atoms with Crippen LogP contribution in [0.3, 0.4) is 0 Å². The van der Waals surface area contributed by atoms with Crippen molar-refractivity contribution in [1.29, 1.82) is 0 Å². The summed E-state index contributed by atoms with van der Waals surface area (Å²) >= 11 is 9.50. The van der Waals surface area contributed by atoms with Crippen LogP contribution in [-0.2, 0) is 0 Å². The number of likely N-dealkylation sites (tertiary alicyclic amines) is 1. The molecule has 20 heavy (non-hydrogen) atoms. The van der Waals surface area contributed by atoms with E-state index in [2.05, 4.69) is 15.9 Å². The van der Waals surface area contributed by atoms with E-state index in [1.54, 1.807) is 12.1 Å². The second-order valence-corrected chi connectivity index (χ2v) is 6.28. The fraction of sp³-hybridized carbons (Fsp3) is 0.500. The molecule has 1 unspecified atom stereocenters. The zero-order valence-corrected chi connectivity index (χ0v) is 14.3. The van der Waals surface area contributed by atoms with Crippen molar-refractivity contribution in [2.45, 2.75) is 19.3 Å². The van der Waals surface area contributed by atoms with Crippen molar-refractivity contribution in [2.24, 2.45) is 11.7 Å². The van der Waals surface area contributed by atoms with E-state index in [1.807, 2.05) is 11.0 Å². The highest BCUT2D eigenvalue weighted by Gasteiger charge is 2.25. The molecule has 0 aliphatic carbocycles. The van der Waals surface area contributed by atoms with E-state index >= 15 is 0 Å². The van der Waals surface area contributed by atoms with Crippen LogP contribution in [0.15, 0.2) is 22.7 Å². The molecule has 0 spiro atoms. The Morgan fingerprint density at radius 3 is 2.95 bits per heavy atom. The molecule has 1 fully saturated rings. The van der Waals surface area contributed by atoms with Crippen molar-refractivity contribution in [3.8, 4) is 0 Å². The summed E-state index contributed by atoms with van der Waals surface area (Å²) in [6, 6.07) is 5.38. The van der Waals surface area contributed by atoms with E-state index in [-0.39, 0.29) is 18.3 Å². The van der Waals surface area contributed by atoms with Crippen molar-refractivity contribution in [3.63, 3.8) is 0 Å². The largest absolute Gasteiger partial charge is 0.338 e. The molecule has 1 aromatic carbocycles. The van der Waals surface area contributed by atoms with Gasteiger partial charge in [0.15, 0.2) is 0 Å². The number of halogens is 3. The van der Waals surface area contributed by atoms with Crippen LogP contribution in [0.4, 0.5) is 0 Å². The number of carbonyl (C=O) groups is 1. The Balaban J connectivity index is 0.00000200. The van der Waals surface area contributed by atoms with Crippen molar-refractivity contribution in [1.82, 2.24) is 4.90 Å². The van der Waals surface area contributed by atoms with Gasteiger partial charge in [-0.15, -0.1) is 12.4 Å². The quantitative estimate of drug-likeness (QED) is 0.866. The van der Waals surface area contributed by atoms with Gasteiger partial charge in [0.25, 0.3) is 5.91 Å². The molecule has 1 heterocycles. The van der Waals surface area contributed by atoms with Gasteiger partial charge in [0.05, 0.1) is 10.6 Å². The number of nitrogens with zero attached hydrogens (tertiary/aromatic N) is 1. The van der Waals surface area contributed by atoms with Crippen molar-refractivity contribution in [3.05, 3.63) is 33.3 Å². The minimum atomic E-state index is 0. The molecular weight excluding hydrogens is 363 g/mol. The van der Waals surface area contributed by atoms with E-state index in [4.69, 9.17) is 17.3 Å². The Labute approximate surface area is 139 Å². The molecule has 0 saturated carbocycles. The van der Waals surface area contributed by atoms with E-state index in [0.29, 0.717) is 23.0 Å². The fourth-order valence-corrected chi connectivity index (χ4v) is 3.11. The number of carbonyl (C=O) groups excluding carboxylic acids is 1. The first-order chi connectivity index (χ1) is 9.11. The van der Waals surface area contributed by atoms with Crippen LogP contribution in [0.2, 0.25) is 5.02 Å². The van der Waals surface area contributed by atoms with Gasteiger partial charge in [-0.2, -0.15) is 0 Å². The molecule has 1 aliphatic heterocycles. The highest BCUT2D eigenvalue weighted by molar-refractivity contribution is 9.10. The number of rotatable bonds is 3. The average molecular weight is 382 g/mol. The van der Waals surface area contributed by atoms with Crippen LogP contribution in [-0.4, -0.2) is 30.4 Å². The van der Waals surface area contributed by atoms with Gasteiger partial charge in [0.1, 0.15) is 0 Å². The lowest BCUT2D eigenvalue weighted by Crippen LogP contribution is -2.40. The Hall–Kier alpha value is -0.290. The molecule has 1 aromatic rings. The molecule has 2 N–H and O–H groups in total. The standard InChI is InChI=1S/C14H18BrClN2O.ClH/c15-11-3-4-13(16)12(8-11)14(19)18-7-1-2-10(9-18)5-6-17;/h3-4,8,10H,1-2,5-7,9,17H2;1H. The first kappa shape index (κ1) is 17.8. The summed E-state index contributed by atoms with van der Waals surface area (Å²) in [6.45, 7) is 2.28. The molecule has 6 heteroatoms. The van der Waals surface area contributed by atoms with Crippen molar-refractivity contribution >= 4 is 45.8 Å². The van der Waals surface area contributed by atoms with Crippen LogP contribution in [0.25, 0.3) is 0 Å². The molecule has 0 bridgehead atoms. The number of piperidine rings is 1. The predicted octanol–water partition coefficient (Wildman–Crippen LogP) is 3.73. The molecular formula is C14H19BrCl2N2O. The van der Waals surface area contributed by atoms with E-state index in [1.165, 1.54) is 0 Å². The molecule has 1 saturated heterocycles. The molecule has 1 atom stereocenters. The minimum absolute atomic E-state index is 0. The van der Waals surface area contributed by atoms with Crippen LogP contribution in [0.5, 0.6) is 0 Å². The van der Waals surface area contributed by atoms with E-state index in [0.717, 1.165) is 36.8 Å². The van der Waals surface area contributed by atoms with Crippen LogP contribution < -0.4 is 5.73 Å². The summed E-state index contributed by atoms with van der Waals surface area (Å²) < 4.78 is 0.871. The topological polar surface area (TPSA) is 46.3 Å². The van der Waals surface area contributed by atoms with Gasteiger partial charge in [0, 0.05) is 17.6 Å². The Morgan fingerprint density at radius 1 is 1.50 bits per heavy atom. The fourth-order valence-electron chi connectivity index (χ4n) is 2.55. The number of amides is 1. The minimum Gasteiger partial charge on any atom is -0.338 e. The molecule has 0 aromatic heterocycles. The summed E-state index contributed by atoms with van der Waals surface area (Å²) in [5.41, 5.74) is 6.18. The maximum Gasteiger partial charge on any atom is 0.255 e. The number of hydrogen-bond donors (Lipinski definition) is 1. The summed E-state index contributed by atoms with van der Waals surface area (Å²) in [7, 11) is 0. The van der Waals surface area contributed by atoms with Gasteiger partial charge in [-0.25, -0.2) is 0 Å². The normalized spacial score (nSPS) is 18.6. The van der Waals surface area contributed by atoms with E-state index in [9.17, 15) is 4.79 Å². The maximum atomic E-state index is 12.5. The third kappa shape index (κ3) is 4.35. The monoisotopic (exact) mass is 380 g/mol. The first-order valence-electron chi connectivity index (χ1n) is 6.56. The van der Waals surface area contributed by atoms with Gasteiger partial charge >= 0.3 is 0 Å². The van der Waals surface area contributed by atoms with Gasteiger partial charge in [-0.05, 0) is 49.9 Å². The predicted molar refractivity (Wildman–Crippen MR) is 88.7 cm³/mol. The summed E-state index contributed by atoms with van der Waals surface area (Å²) in [4.78, 5) is 14.4. The zero-order chi connectivity index (χ0) is 13.8. The second-order valence-electron chi connectivity index (χ2n) is 4.96. The lowest BCUT2D eigenvalue weighted by molar-refractivity contribution is 0.0669. The third-order valence-electron chi connectivity index (χ3n) is 3.54. The molecule has 1 amide bonds. The molecule has 2 rings (SSSR count). The third-order valence-corrected chi connectivity index (χ3v) is 4.36. The number of benzene rings is 1. The highest BCUT2D eigenvalue weighted by atomic mass is 79.9. The van der Waals surface area contributed by atoms with Gasteiger partial charge in [-0.1, -0.05) is 27.5 Å². The summed E-state index contributed by atoms with van der Waals surface area (Å²) in [5, 5.41) is 0.508. The molecule has 112 valence electrons. The van der Waals surface area contributed by atoms with E-state index < -0.39 is 0 Å². The first-order valence-corrected chi connectivity index (χ1v) is 7.73. The van der Waals surface area contributed by atoms with Crippen LogP contribution >= 0.6 is 39.9 Å². The van der Waals surface area contributed by atoms with Gasteiger partial charge in [-0.3, -0.25) is 4.79 Å². The maximum absolute atomic E-state index is 12.5. The van der Waals surface area contributed by atoms with Crippen LogP contribution in [0.1, 0.15) is 29.6 Å². The number of nitrogens with two attached hydrogens (primary N) is 1. The second kappa shape index (κ2) is 8.23. The van der Waals surface area contributed by atoms with Gasteiger partial charge in [0.2, 0.25) is 0 Å². The zero-order valence-electron chi connectivity index (χ0n) is 11.1. The van der Waals surface area contributed by atoms with Gasteiger partial charge < -0.3 is 10.6 Å².